The second-order valence-electron chi connectivity index (χ2n) is 4.36. The molecule has 0 bridgehead atoms. The number of nitrogens with zero attached hydrogens (tertiary/aromatic N) is 3. The third kappa shape index (κ3) is 2.73. The molecule has 2 heterocycles. The third-order valence-corrected chi connectivity index (χ3v) is 3.10. The molecule has 0 amide bonds. The van der Waals surface area contributed by atoms with Gasteiger partial charge in [0.1, 0.15) is 0 Å². The van der Waals surface area contributed by atoms with E-state index in [1.54, 1.807) is 12.4 Å². The molecule has 4 nitrogen and oxygen atoms in total. The standard InChI is InChI=1S/C11H18N4/c1-9-2-5-15(8-11(9)12)7-10-6-13-3-4-14-10/h3-4,6,9,11H,2,5,7-8,12H2,1H3. The van der Waals surface area contributed by atoms with Crippen LogP contribution in [0.3, 0.4) is 0 Å². The molecule has 82 valence electrons. The molecule has 0 saturated carbocycles. The van der Waals surface area contributed by atoms with E-state index in [1.807, 2.05) is 6.20 Å². The molecule has 0 radical (unpaired) electrons. The number of likely N-dealkylation sites (tertiary alicyclic amines) is 1. The molecule has 1 aliphatic heterocycles. The molecule has 0 spiro atoms. The van der Waals surface area contributed by atoms with Gasteiger partial charge in [-0.3, -0.25) is 14.9 Å². The zero-order valence-corrected chi connectivity index (χ0v) is 9.13. The molecule has 2 rings (SSSR count). The smallest absolute Gasteiger partial charge is 0.0726 e. The van der Waals surface area contributed by atoms with E-state index in [0.29, 0.717) is 12.0 Å². The molecule has 0 aliphatic carbocycles. The molecule has 1 aliphatic rings. The van der Waals surface area contributed by atoms with Gasteiger partial charge in [0, 0.05) is 37.7 Å². The molecule has 1 aromatic rings. The zero-order valence-electron chi connectivity index (χ0n) is 9.13. The van der Waals surface area contributed by atoms with E-state index < -0.39 is 0 Å². The molecule has 0 aromatic carbocycles. The second kappa shape index (κ2) is 4.68. The van der Waals surface area contributed by atoms with Gasteiger partial charge < -0.3 is 5.73 Å². The molecule has 15 heavy (non-hydrogen) atoms. The maximum absolute atomic E-state index is 6.04. The van der Waals surface area contributed by atoms with Crippen molar-refractivity contribution in [2.45, 2.75) is 25.9 Å². The van der Waals surface area contributed by atoms with Crippen LogP contribution in [0.1, 0.15) is 19.0 Å². The summed E-state index contributed by atoms with van der Waals surface area (Å²) in [5.41, 5.74) is 7.07. The Morgan fingerprint density at radius 2 is 2.40 bits per heavy atom. The van der Waals surface area contributed by atoms with Crippen molar-refractivity contribution >= 4 is 0 Å². The first-order valence-corrected chi connectivity index (χ1v) is 5.48. The van der Waals surface area contributed by atoms with Crippen molar-refractivity contribution in [3.05, 3.63) is 24.3 Å². The molecular formula is C11H18N4. The van der Waals surface area contributed by atoms with E-state index in [2.05, 4.69) is 21.8 Å². The maximum atomic E-state index is 6.04. The van der Waals surface area contributed by atoms with Crippen LogP contribution in [0, 0.1) is 5.92 Å². The number of hydrogen-bond acceptors (Lipinski definition) is 4. The Balaban J connectivity index is 1.91. The first kappa shape index (κ1) is 10.5. The van der Waals surface area contributed by atoms with E-state index in [4.69, 9.17) is 5.73 Å². The highest BCUT2D eigenvalue weighted by Gasteiger charge is 2.22. The topological polar surface area (TPSA) is 55.0 Å². The predicted octanol–water partition coefficient (Wildman–Crippen LogP) is 0.646. The summed E-state index contributed by atoms with van der Waals surface area (Å²) in [5.74, 6) is 0.642. The lowest BCUT2D eigenvalue weighted by molar-refractivity contribution is 0.160. The highest BCUT2D eigenvalue weighted by atomic mass is 15.2. The van der Waals surface area contributed by atoms with E-state index in [1.165, 1.54) is 6.42 Å². The fourth-order valence-electron chi connectivity index (χ4n) is 1.95. The van der Waals surface area contributed by atoms with Gasteiger partial charge in [-0.1, -0.05) is 6.92 Å². The summed E-state index contributed by atoms with van der Waals surface area (Å²) >= 11 is 0. The van der Waals surface area contributed by atoms with Crippen molar-refractivity contribution in [1.29, 1.82) is 0 Å². The van der Waals surface area contributed by atoms with Crippen LogP contribution in [0.15, 0.2) is 18.6 Å². The first-order chi connectivity index (χ1) is 7.25. The minimum atomic E-state index is 0.301. The number of aromatic nitrogens is 2. The summed E-state index contributed by atoms with van der Waals surface area (Å²) in [5, 5.41) is 0. The van der Waals surface area contributed by atoms with E-state index >= 15 is 0 Å². The fraction of sp³-hybridized carbons (Fsp3) is 0.636. The van der Waals surface area contributed by atoms with Crippen LogP contribution in [0.5, 0.6) is 0 Å². The quantitative estimate of drug-likeness (QED) is 0.771. The van der Waals surface area contributed by atoms with Gasteiger partial charge in [0.2, 0.25) is 0 Å². The Labute approximate surface area is 90.5 Å². The third-order valence-electron chi connectivity index (χ3n) is 3.10. The average molecular weight is 206 g/mol. The Kier molecular flexibility index (Phi) is 3.28. The summed E-state index contributed by atoms with van der Waals surface area (Å²) in [6.07, 6.45) is 6.44. The highest BCUT2D eigenvalue weighted by molar-refractivity contribution is 4.95. The van der Waals surface area contributed by atoms with Crippen LogP contribution in [-0.2, 0) is 6.54 Å². The Bertz CT molecular complexity index is 301. The highest BCUT2D eigenvalue weighted by Crippen LogP contribution is 2.16. The van der Waals surface area contributed by atoms with Crippen LogP contribution >= 0.6 is 0 Å². The molecule has 2 atom stereocenters. The van der Waals surface area contributed by atoms with Crippen molar-refractivity contribution in [3.8, 4) is 0 Å². The van der Waals surface area contributed by atoms with Crippen molar-refractivity contribution in [2.24, 2.45) is 11.7 Å². The molecule has 1 aromatic heterocycles. The Morgan fingerprint density at radius 1 is 1.53 bits per heavy atom. The van der Waals surface area contributed by atoms with Gasteiger partial charge in [-0.05, 0) is 18.9 Å². The van der Waals surface area contributed by atoms with Gasteiger partial charge in [-0.15, -0.1) is 0 Å². The van der Waals surface area contributed by atoms with Gasteiger partial charge in [-0.2, -0.15) is 0 Å². The van der Waals surface area contributed by atoms with Crippen LogP contribution in [0.25, 0.3) is 0 Å². The van der Waals surface area contributed by atoms with Crippen LogP contribution in [-0.4, -0.2) is 34.0 Å². The lowest BCUT2D eigenvalue weighted by Gasteiger charge is -2.34. The lowest BCUT2D eigenvalue weighted by Crippen LogP contribution is -2.47. The summed E-state index contributed by atoms with van der Waals surface area (Å²) < 4.78 is 0. The summed E-state index contributed by atoms with van der Waals surface area (Å²) in [6.45, 7) is 5.18. The Morgan fingerprint density at radius 3 is 3.07 bits per heavy atom. The number of nitrogens with two attached hydrogens (primary N) is 1. The van der Waals surface area contributed by atoms with Gasteiger partial charge in [0.05, 0.1) is 5.69 Å². The van der Waals surface area contributed by atoms with Crippen LogP contribution in [0.2, 0.25) is 0 Å². The lowest BCUT2D eigenvalue weighted by atomic mass is 9.94. The second-order valence-corrected chi connectivity index (χ2v) is 4.36. The molecule has 4 heteroatoms. The minimum Gasteiger partial charge on any atom is -0.326 e. The van der Waals surface area contributed by atoms with E-state index in [9.17, 15) is 0 Å². The van der Waals surface area contributed by atoms with Crippen LogP contribution < -0.4 is 5.73 Å². The maximum Gasteiger partial charge on any atom is 0.0726 e. The van der Waals surface area contributed by atoms with Crippen molar-refractivity contribution < 1.29 is 0 Å². The van der Waals surface area contributed by atoms with Crippen molar-refractivity contribution in [1.82, 2.24) is 14.9 Å². The van der Waals surface area contributed by atoms with Gasteiger partial charge in [-0.25, -0.2) is 0 Å². The minimum absolute atomic E-state index is 0.301. The van der Waals surface area contributed by atoms with Crippen molar-refractivity contribution in [3.63, 3.8) is 0 Å². The summed E-state index contributed by atoms with van der Waals surface area (Å²) in [4.78, 5) is 10.7. The summed E-state index contributed by atoms with van der Waals surface area (Å²) in [6, 6.07) is 0.301. The van der Waals surface area contributed by atoms with Crippen molar-refractivity contribution in [2.75, 3.05) is 13.1 Å². The molecule has 2 unspecified atom stereocenters. The molecule has 1 saturated heterocycles. The molecular weight excluding hydrogens is 188 g/mol. The zero-order chi connectivity index (χ0) is 10.7. The van der Waals surface area contributed by atoms with Gasteiger partial charge in [0.25, 0.3) is 0 Å². The SMILES string of the molecule is CC1CCN(Cc2cnccn2)CC1N. The first-order valence-electron chi connectivity index (χ1n) is 5.48. The van der Waals surface area contributed by atoms with E-state index in [0.717, 1.165) is 25.3 Å². The fourth-order valence-corrected chi connectivity index (χ4v) is 1.95. The number of hydrogen-bond donors (Lipinski definition) is 1. The predicted molar refractivity (Wildman–Crippen MR) is 59.1 cm³/mol. The van der Waals surface area contributed by atoms with E-state index in [-0.39, 0.29) is 0 Å². The largest absolute Gasteiger partial charge is 0.326 e. The monoisotopic (exact) mass is 206 g/mol. The summed E-state index contributed by atoms with van der Waals surface area (Å²) in [7, 11) is 0. The number of rotatable bonds is 2. The Hall–Kier alpha value is -1.00. The van der Waals surface area contributed by atoms with Gasteiger partial charge in [0.15, 0.2) is 0 Å². The normalized spacial score (nSPS) is 27.9. The molecule has 2 N–H and O–H groups in total. The molecule has 1 fully saturated rings. The van der Waals surface area contributed by atoms with Gasteiger partial charge >= 0.3 is 0 Å². The number of piperidine rings is 1. The van der Waals surface area contributed by atoms with Crippen LogP contribution in [0.4, 0.5) is 0 Å². The average Bonchev–Trinajstić information content (AvgIpc) is 2.25.